The van der Waals surface area contributed by atoms with Crippen molar-refractivity contribution in [3.8, 4) is 0 Å². The Morgan fingerprint density at radius 3 is 2.76 bits per heavy atom. The minimum Gasteiger partial charge on any atom is -0.480 e. The zero-order valence-corrected chi connectivity index (χ0v) is 11.6. The van der Waals surface area contributed by atoms with Gasteiger partial charge in [-0.05, 0) is 6.07 Å². The molecular weight excluding hydrogens is 274 g/mol. The van der Waals surface area contributed by atoms with E-state index in [9.17, 15) is 14.7 Å². The molecule has 0 aliphatic carbocycles. The molecule has 1 aromatic rings. The normalized spacial score (nSPS) is 24.9. The van der Waals surface area contributed by atoms with E-state index >= 15 is 0 Å². The number of rotatable bonds is 4. The van der Waals surface area contributed by atoms with Gasteiger partial charge in [-0.1, -0.05) is 6.07 Å². The summed E-state index contributed by atoms with van der Waals surface area (Å²) in [7, 11) is 0. The van der Waals surface area contributed by atoms with E-state index in [0.717, 1.165) is 4.90 Å². The van der Waals surface area contributed by atoms with Crippen molar-refractivity contribution < 1.29 is 19.8 Å². The molecule has 0 saturated carbocycles. The maximum atomic E-state index is 11.5. The van der Waals surface area contributed by atoms with Crippen molar-refractivity contribution in [1.82, 2.24) is 9.88 Å². The number of carbonyl (C=O) groups excluding carboxylic acids is 1. The quantitative estimate of drug-likeness (QED) is 0.689. The number of aromatic nitrogens is 1. The third kappa shape index (κ3) is 3.25. The van der Waals surface area contributed by atoms with Gasteiger partial charge in [0.05, 0.1) is 12.1 Å². The van der Waals surface area contributed by atoms with E-state index < -0.39 is 23.5 Å². The number of amides is 1. The lowest BCUT2D eigenvalue weighted by Gasteiger charge is -2.23. The maximum absolute atomic E-state index is 11.5. The smallest absolute Gasteiger partial charge is 0.326 e. The number of pyridine rings is 1. The highest BCUT2D eigenvalue weighted by Gasteiger charge is 2.47. The molecule has 21 heavy (non-hydrogen) atoms. The Bertz CT molecular complexity index is 551. The van der Waals surface area contributed by atoms with E-state index in [1.807, 2.05) is 0 Å². The summed E-state index contributed by atoms with van der Waals surface area (Å²) in [5.41, 5.74) is -0.666. The Labute approximate surface area is 121 Å². The first-order chi connectivity index (χ1) is 9.82. The number of carboxylic acids is 1. The molecule has 112 valence electrons. The molecule has 0 radical (unpaired) electrons. The SMILES string of the molecule is CC(=O)N1CC(O)(CC(=N)c2cccnc2)C[C@H]1C(=O)O. The lowest BCUT2D eigenvalue weighted by molar-refractivity contribution is -0.147. The third-order valence-electron chi connectivity index (χ3n) is 3.62. The number of nitrogens with zero attached hydrogens (tertiary/aromatic N) is 2. The highest BCUT2D eigenvalue weighted by molar-refractivity contribution is 5.98. The molecule has 2 rings (SSSR count). The number of hydrogen-bond acceptors (Lipinski definition) is 5. The lowest BCUT2D eigenvalue weighted by atomic mass is 9.91. The second-order valence-corrected chi connectivity index (χ2v) is 5.33. The highest BCUT2D eigenvalue weighted by Crippen LogP contribution is 2.31. The molecule has 7 nitrogen and oxygen atoms in total. The molecule has 7 heteroatoms. The lowest BCUT2D eigenvalue weighted by Crippen LogP contribution is -2.40. The summed E-state index contributed by atoms with van der Waals surface area (Å²) in [5.74, 6) is -1.54. The van der Waals surface area contributed by atoms with Crippen LogP contribution in [0.25, 0.3) is 0 Å². The molecule has 0 bridgehead atoms. The molecule has 1 fully saturated rings. The molecule has 2 heterocycles. The summed E-state index contributed by atoms with van der Waals surface area (Å²) >= 11 is 0. The fourth-order valence-corrected chi connectivity index (χ4v) is 2.61. The largest absolute Gasteiger partial charge is 0.480 e. The number of hydrogen-bond donors (Lipinski definition) is 3. The predicted molar refractivity (Wildman–Crippen MR) is 74.1 cm³/mol. The molecule has 1 amide bonds. The van der Waals surface area contributed by atoms with Crippen LogP contribution in [0.4, 0.5) is 0 Å². The monoisotopic (exact) mass is 291 g/mol. The summed E-state index contributed by atoms with van der Waals surface area (Å²) in [6.07, 6.45) is 2.99. The van der Waals surface area contributed by atoms with Crippen LogP contribution < -0.4 is 0 Å². The molecular formula is C14H17N3O4. The standard InChI is InChI=1S/C14H17N3O4/c1-9(18)17-8-14(21,6-12(17)13(19)20)5-11(15)10-3-2-4-16-7-10/h2-4,7,12,15,21H,5-6,8H2,1H3,(H,19,20)/t12-,14?/m0/s1. The van der Waals surface area contributed by atoms with Crippen molar-refractivity contribution in [2.75, 3.05) is 6.54 Å². The van der Waals surface area contributed by atoms with Gasteiger partial charge in [0.1, 0.15) is 6.04 Å². The van der Waals surface area contributed by atoms with Gasteiger partial charge in [-0.3, -0.25) is 9.78 Å². The van der Waals surface area contributed by atoms with E-state index in [1.165, 1.54) is 13.1 Å². The van der Waals surface area contributed by atoms with Crippen molar-refractivity contribution in [3.05, 3.63) is 30.1 Å². The maximum Gasteiger partial charge on any atom is 0.326 e. The molecule has 0 aromatic carbocycles. The summed E-state index contributed by atoms with van der Waals surface area (Å²) in [4.78, 5) is 27.7. The van der Waals surface area contributed by atoms with E-state index in [1.54, 1.807) is 18.3 Å². The second kappa shape index (κ2) is 5.61. The van der Waals surface area contributed by atoms with Gasteiger partial charge >= 0.3 is 5.97 Å². The van der Waals surface area contributed by atoms with E-state index in [-0.39, 0.29) is 25.1 Å². The van der Waals surface area contributed by atoms with Gasteiger partial charge in [0.25, 0.3) is 0 Å². The molecule has 2 atom stereocenters. The Hall–Kier alpha value is -2.28. The van der Waals surface area contributed by atoms with Crippen LogP contribution >= 0.6 is 0 Å². The number of carboxylic acid groups (broad SMARTS) is 1. The first kappa shape index (κ1) is 15.1. The van der Waals surface area contributed by atoms with Crippen molar-refractivity contribution in [2.24, 2.45) is 0 Å². The van der Waals surface area contributed by atoms with Crippen molar-refractivity contribution >= 4 is 17.6 Å². The van der Waals surface area contributed by atoms with Crippen LogP contribution in [0, 0.1) is 5.41 Å². The summed E-state index contributed by atoms with van der Waals surface area (Å²) in [6, 6.07) is 2.34. The topological polar surface area (TPSA) is 115 Å². The van der Waals surface area contributed by atoms with Gasteiger partial charge in [-0.25, -0.2) is 4.79 Å². The molecule has 1 saturated heterocycles. The van der Waals surface area contributed by atoms with Crippen LogP contribution in [0.2, 0.25) is 0 Å². The van der Waals surface area contributed by atoms with Crippen LogP contribution in [0.15, 0.2) is 24.5 Å². The zero-order chi connectivity index (χ0) is 15.6. The summed E-state index contributed by atoms with van der Waals surface area (Å²) in [6.45, 7) is 1.19. The van der Waals surface area contributed by atoms with E-state index in [0.29, 0.717) is 5.56 Å². The molecule has 0 spiro atoms. The van der Waals surface area contributed by atoms with Gasteiger partial charge in [0.2, 0.25) is 5.91 Å². The Morgan fingerprint density at radius 1 is 1.57 bits per heavy atom. The van der Waals surface area contributed by atoms with Crippen LogP contribution in [0.5, 0.6) is 0 Å². The van der Waals surface area contributed by atoms with E-state index in [4.69, 9.17) is 10.5 Å². The van der Waals surface area contributed by atoms with Crippen LogP contribution in [0.1, 0.15) is 25.3 Å². The molecule has 1 unspecified atom stereocenters. The van der Waals surface area contributed by atoms with Crippen LogP contribution in [-0.4, -0.2) is 55.9 Å². The second-order valence-electron chi connectivity index (χ2n) is 5.33. The van der Waals surface area contributed by atoms with Crippen LogP contribution in [-0.2, 0) is 9.59 Å². The minimum atomic E-state index is -1.40. The summed E-state index contributed by atoms with van der Waals surface area (Å²) < 4.78 is 0. The van der Waals surface area contributed by atoms with E-state index in [2.05, 4.69) is 4.98 Å². The Balaban J connectivity index is 2.15. The fourth-order valence-electron chi connectivity index (χ4n) is 2.61. The molecule has 1 aliphatic rings. The number of nitrogens with one attached hydrogen (secondary N) is 1. The first-order valence-corrected chi connectivity index (χ1v) is 6.53. The van der Waals surface area contributed by atoms with Crippen molar-refractivity contribution in [2.45, 2.75) is 31.4 Å². The first-order valence-electron chi connectivity index (χ1n) is 6.53. The Kier molecular flexibility index (Phi) is 4.04. The predicted octanol–water partition coefficient (Wildman–Crippen LogP) is 0.276. The Morgan fingerprint density at radius 2 is 2.29 bits per heavy atom. The van der Waals surface area contributed by atoms with Gasteiger partial charge in [0, 0.05) is 43.4 Å². The molecule has 1 aromatic heterocycles. The third-order valence-corrected chi connectivity index (χ3v) is 3.62. The highest BCUT2D eigenvalue weighted by atomic mass is 16.4. The van der Waals surface area contributed by atoms with Crippen molar-refractivity contribution in [1.29, 1.82) is 5.41 Å². The number of likely N-dealkylation sites (tertiary alicyclic amines) is 1. The molecule has 1 aliphatic heterocycles. The minimum absolute atomic E-state index is 0.0216. The average molecular weight is 291 g/mol. The van der Waals surface area contributed by atoms with Gasteiger partial charge < -0.3 is 20.5 Å². The number of carbonyl (C=O) groups is 2. The fraction of sp³-hybridized carbons (Fsp3) is 0.429. The number of aliphatic carboxylic acids is 1. The molecule has 3 N–H and O–H groups in total. The van der Waals surface area contributed by atoms with Gasteiger partial charge in [0.15, 0.2) is 0 Å². The van der Waals surface area contributed by atoms with Gasteiger partial charge in [-0.15, -0.1) is 0 Å². The zero-order valence-electron chi connectivity index (χ0n) is 11.6. The van der Waals surface area contributed by atoms with Crippen molar-refractivity contribution in [3.63, 3.8) is 0 Å². The van der Waals surface area contributed by atoms with Crippen LogP contribution in [0.3, 0.4) is 0 Å². The summed E-state index contributed by atoms with van der Waals surface area (Å²) in [5, 5.41) is 27.7. The number of β-amino-alcohol motifs (C(OH)–C–C–N with tert-alkyl or cyclic N) is 1. The number of aliphatic hydroxyl groups is 1. The van der Waals surface area contributed by atoms with Gasteiger partial charge in [-0.2, -0.15) is 0 Å². The average Bonchev–Trinajstić information content (AvgIpc) is 2.78.